The molecule has 0 aromatic heterocycles. The fourth-order valence-electron chi connectivity index (χ4n) is 4.95. The van der Waals surface area contributed by atoms with E-state index in [1.807, 2.05) is 0 Å². The van der Waals surface area contributed by atoms with Crippen molar-refractivity contribution in [3.63, 3.8) is 0 Å². The van der Waals surface area contributed by atoms with Crippen molar-refractivity contribution in [3.8, 4) is 0 Å². The van der Waals surface area contributed by atoms with Gasteiger partial charge in [-0.3, -0.25) is 14.6 Å². The maximum atomic E-state index is 11.3. The van der Waals surface area contributed by atoms with Gasteiger partial charge >= 0.3 is 5.97 Å². The summed E-state index contributed by atoms with van der Waals surface area (Å²) >= 11 is 0. The Morgan fingerprint density at radius 3 is 2.08 bits per heavy atom. The first kappa shape index (κ1) is 21.5. The lowest BCUT2D eigenvalue weighted by Gasteiger charge is -2.43. The molecule has 2 heterocycles. The zero-order valence-electron chi connectivity index (χ0n) is 15.2. The van der Waals surface area contributed by atoms with E-state index in [0.717, 1.165) is 39.0 Å². The molecule has 0 amide bonds. The number of piperidine rings is 2. The van der Waals surface area contributed by atoms with Crippen LogP contribution in [0, 0.1) is 5.92 Å². The van der Waals surface area contributed by atoms with Gasteiger partial charge in [0, 0.05) is 18.6 Å². The van der Waals surface area contributed by atoms with Crippen molar-refractivity contribution in [2.75, 3.05) is 26.2 Å². The quantitative estimate of drug-likeness (QED) is 0.845. The van der Waals surface area contributed by atoms with Crippen LogP contribution >= 0.6 is 24.8 Å². The molecule has 0 saturated carbocycles. The number of rotatable bonds is 3. The SMILES string of the molecule is Cl.Cl.O=C(O)C1CCCN(C2CCN(C3Cc4ccccc4C3)CC2)C1. The molecule has 4 rings (SSSR count). The zero-order chi connectivity index (χ0) is 16.5. The van der Waals surface area contributed by atoms with Crippen molar-refractivity contribution in [1.29, 1.82) is 0 Å². The Morgan fingerprint density at radius 1 is 0.885 bits per heavy atom. The number of benzene rings is 1. The van der Waals surface area contributed by atoms with Gasteiger partial charge in [-0.05, 0) is 69.3 Å². The van der Waals surface area contributed by atoms with Gasteiger partial charge in [-0.2, -0.15) is 0 Å². The summed E-state index contributed by atoms with van der Waals surface area (Å²) < 4.78 is 0. The van der Waals surface area contributed by atoms with Crippen LogP contribution in [0.15, 0.2) is 24.3 Å². The number of aliphatic carboxylic acids is 1. The van der Waals surface area contributed by atoms with Gasteiger partial charge in [0.15, 0.2) is 0 Å². The highest BCUT2D eigenvalue weighted by Crippen LogP contribution is 2.29. The Bertz CT molecular complexity index is 580. The number of likely N-dealkylation sites (tertiary alicyclic amines) is 2. The molecule has 0 spiro atoms. The number of carboxylic acid groups (broad SMARTS) is 1. The lowest BCUT2D eigenvalue weighted by atomic mass is 9.93. The van der Waals surface area contributed by atoms with Gasteiger partial charge < -0.3 is 5.11 Å². The van der Waals surface area contributed by atoms with Crippen molar-refractivity contribution in [2.24, 2.45) is 5.92 Å². The standard InChI is InChI=1S/C20H28N2O2.2ClH/c23-20(24)17-6-3-9-22(14-17)18-7-10-21(11-8-18)19-12-15-4-1-2-5-16(15)13-19;;/h1-2,4-5,17-19H,3,6-14H2,(H,23,24);2*1H. The molecule has 3 aliphatic rings. The Morgan fingerprint density at radius 2 is 1.50 bits per heavy atom. The third kappa shape index (κ3) is 4.53. The minimum atomic E-state index is -0.610. The molecule has 0 radical (unpaired) electrons. The molecule has 1 aromatic rings. The Labute approximate surface area is 168 Å². The van der Waals surface area contributed by atoms with Crippen molar-refractivity contribution >= 4 is 30.8 Å². The highest BCUT2D eigenvalue weighted by molar-refractivity contribution is 5.85. The minimum Gasteiger partial charge on any atom is -0.481 e. The summed E-state index contributed by atoms with van der Waals surface area (Å²) in [5.41, 5.74) is 3.06. The van der Waals surface area contributed by atoms with Crippen molar-refractivity contribution in [2.45, 2.75) is 50.6 Å². The third-order valence-electron chi connectivity index (χ3n) is 6.36. The van der Waals surface area contributed by atoms with Crippen LogP contribution in [0.1, 0.15) is 36.8 Å². The fourth-order valence-corrected chi connectivity index (χ4v) is 4.95. The molecule has 2 saturated heterocycles. The van der Waals surface area contributed by atoms with E-state index in [1.165, 1.54) is 36.8 Å². The van der Waals surface area contributed by atoms with Crippen LogP contribution in [0.4, 0.5) is 0 Å². The number of hydrogen-bond donors (Lipinski definition) is 1. The van der Waals surface area contributed by atoms with E-state index in [-0.39, 0.29) is 30.7 Å². The van der Waals surface area contributed by atoms with E-state index in [9.17, 15) is 9.90 Å². The number of fused-ring (bicyclic) bond motifs is 1. The van der Waals surface area contributed by atoms with Crippen LogP contribution in [-0.4, -0.2) is 59.1 Å². The Hall–Kier alpha value is -0.810. The molecule has 1 N–H and O–H groups in total. The number of carbonyl (C=O) groups is 1. The van der Waals surface area contributed by atoms with Gasteiger partial charge in [-0.25, -0.2) is 0 Å². The molecular weight excluding hydrogens is 371 g/mol. The maximum absolute atomic E-state index is 11.3. The van der Waals surface area contributed by atoms with Crippen LogP contribution < -0.4 is 0 Å². The van der Waals surface area contributed by atoms with Gasteiger partial charge in [0.25, 0.3) is 0 Å². The van der Waals surface area contributed by atoms with E-state index in [1.54, 1.807) is 0 Å². The summed E-state index contributed by atoms with van der Waals surface area (Å²) in [4.78, 5) is 16.4. The van der Waals surface area contributed by atoms with Crippen molar-refractivity contribution < 1.29 is 9.90 Å². The summed E-state index contributed by atoms with van der Waals surface area (Å²) in [5, 5.41) is 9.29. The molecule has 6 heteroatoms. The summed E-state index contributed by atoms with van der Waals surface area (Å²) in [6, 6.07) is 10.1. The van der Waals surface area contributed by atoms with Gasteiger partial charge in [0.1, 0.15) is 0 Å². The average Bonchev–Trinajstić information content (AvgIpc) is 3.06. The van der Waals surface area contributed by atoms with Gasteiger partial charge in [-0.1, -0.05) is 24.3 Å². The normalized spacial score (nSPS) is 25.2. The molecule has 1 aromatic carbocycles. The third-order valence-corrected chi connectivity index (χ3v) is 6.36. The minimum absolute atomic E-state index is 0. The summed E-state index contributed by atoms with van der Waals surface area (Å²) in [5.74, 6) is -0.762. The molecule has 2 aliphatic heterocycles. The van der Waals surface area contributed by atoms with E-state index < -0.39 is 5.97 Å². The number of carboxylic acids is 1. The van der Waals surface area contributed by atoms with Crippen molar-refractivity contribution in [1.82, 2.24) is 9.80 Å². The monoisotopic (exact) mass is 400 g/mol. The fraction of sp³-hybridized carbons (Fsp3) is 0.650. The van der Waals surface area contributed by atoms with E-state index in [0.29, 0.717) is 12.1 Å². The first-order valence-electron chi connectivity index (χ1n) is 9.48. The van der Waals surface area contributed by atoms with Crippen LogP contribution in [0.2, 0.25) is 0 Å². The zero-order valence-corrected chi connectivity index (χ0v) is 16.8. The molecule has 26 heavy (non-hydrogen) atoms. The Balaban J connectivity index is 0.00000121. The van der Waals surface area contributed by atoms with Gasteiger partial charge in [-0.15, -0.1) is 24.8 Å². The molecule has 146 valence electrons. The predicted octanol–water partition coefficient (Wildman–Crippen LogP) is 3.26. The molecule has 1 atom stereocenters. The highest BCUT2D eigenvalue weighted by atomic mass is 35.5. The van der Waals surface area contributed by atoms with E-state index >= 15 is 0 Å². The second-order valence-electron chi connectivity index (χ2n) is 7.77. The Kier molecular flexibility index (Phi) is 7.77. The van der Waals surface area contributed by atoms with E-state index in [2.05, 4.69) is 34.1 Å². The topological polar surface area (TPSA) is 43.8 Å². The van der Waals surface area contributed by atoms with Gasteiger partial charge in [0.2, 0.25) is 0 Å². The smallest absolute Gasteiger partial charge is 0.307 e. The lowest BCUT2D eigenvalue weighted by molar-refractivity contribution is -0.144. The predicted molar refractivity (Wildman–Crippen MR) is 109 cm³/mol. The first-order chi connectivity index (χ1) is 11.7. The molecule has 4 nitrogen and oxygen atoms in total. The summed E-state index contributed by atoms with van der Waals surface area (Å²) in [6.45, 7) is 4.17. The summed E-state index contributed by atoms with van der Waals surface area (Å²) in [7, 11) is 0. The average molecular weight is 401 g/mol. The second kappa shape index (κ2) is 9.41. The molecule has 1 unspecified atom stereocenters. The van der Waals surface area contributed by atoms with E-state index in [4.69, 9.17) is 0 Å². The summed E-state index contributed by atoms with van der Waals surface area (Å²) in [6.07, 6.45) is 6.68. The molecule has 1 aliphatic carbocycles. The van der Waals surface area contributed by atoms with Crippen molar-refractivity contribution in [3.05, 3.63) is 35.4 Å². The number of nitrogens with zero attached hydrogens (tertiary/aromatic N) is 2. The van der Waals surface area contributed by atoms with Crippen LogP contribution in [0.5, 0.6) is 0 Å². The largest absolute Gasteiger partial charge is 0.481 e. The number of hydrogen-bond acceptors (Lipinski definition) is 3. The van der Waals surface area contributed by atoms with Crippen LogP contribution in [0.25, 0.3) is 0 Å². The highest BCUT2D eigenvalue weighted by Gasteiger charge is 2.34. The lowest BCUT2D eigenvalue weighted by Crippen LogP contribution is -2.51. The first-order valence-corrected chi connectivity index (χ1v) is 9.48. The van der Waals surface area contributed by atoms with Crippen LogP contribution in [0.3, 0.4) is 0 Å². The number of halogens is 2. The molecular formula is C20H30Cl2N2O2. The van der Waals surface area contributed by atoms with Crippen LogP contribution in [-0.2, 0) is 17.6 Å². The molecule has 2 fully saturated rings. The van der Waals surface area contributed by atoms with Gasteiger partial charge in [0.05, 0.1) is 5.92 Å². The molecule has 0 bridgehead atoms. The maximum Gasteiger partial charge on any atom is 0.307 e. The second-order valence-corrected chi connectivity index (χ2v) is 7.77.